The van der Waals surface area contributed by atoms with Crippen molar-refractivity contribution in [2.24, 2.45) is 10.9 Å². The van der Waals surface area contributed by atoms with Gasteiger partial charge in [-0.3, -0.25) is 19.8 Å². The number of hydrogen-bond acceptors (Lipinski definition) is 8. The SMILES string of the molecule is CC1=N\ONC/C([N+](=O)[O-])=C/C=C\1NCCCCCC(=O)NCN. The molecule has 0 aliphatic carbocycles. The molecule has 1 aliphatic rings. The van der Waals surface area contributed by atoms with Gasteiger partial charge in [0.15, 0.2) is 0 Å². The first-order valence-corrected chi connectivity index (χ1v) is 7.74. The van der Waals surface area contributed by atoms with E-state index in [-0.39, 0.29) is 24.8 Å². The molecule has 1 amide bonds. The van der Waals surface area contributed by atoms with Gasteiger partial charge in [-0.25, -0.2) is 0 Å². The molecular formula is C14H24N6O4. The molecule has 134 valence electrons. The molecule has 0 aromatic rings. The quantitative estimate of drug-likeness (QED) is 0.202. The molecule has 0 aromatic carbocycles. The number of nitrogens with one attached hydrogen (secondary N) is 3. The minimum atomic E-state index is -0.475. The summed E-state index contributed by atoms with van der Waals surface area (Å²) in [6, 6.07) is 0. The predicted molar refractivity (Wildman–Crippen MR) is 89.0 cm³/mol. The monoisotopic (exact) mass is 340 g/mol. The standard InChI is InChI=1S/C14H24N6O4/c1-11-13(7-6-12(20(22)23)9-18-24-19-11)16-8-4-2-3-5-14(21)17-10-15/h6-7,16,18H,2-5,8-10,15H2,1H3,(H,17,21)/b12-6-,13-7+,19-11+. The number of nitrogens with zero attached hydrogens (tertiary/aromatic N) is 2. The number of allylic oxidation sites excluding steroid dienone is 3. The molecule has 0 bridgehead atoms. The number of nitro groups is 1. The van der Waals surface area contributed by atoms with E-state index in [0.717, 1.165) is 19.3 Å². The van der Waals surface area contributed by atoms with Crippen LogP contribution in [0.3, 0.4) is 0 Å². The summed E-state index contributed by atoms with van der Waals surface area (Å²) in [4.78, 5) is 26.5. The van der Waals surface area contributed by atoms with Crippen molar-refractivity contribution in [1.29, 1.82) is 0 Å². The number of carbonyl (C=O) groups excluding carboxylic acids is 1. The highest BCUT2D eigenvalue weighted by molar-refractivity contribution is 5.97. The Morgan fingerprint density at radius 3 is 2.96 bits per heavy atom. The largest absolute Gasteiger partial charge is 0.383 e. The summed E-state index contributed by atoms with van der Waals surface area (Å²) in [7, 11) is 0. The van der Waals surface area contributed by atoms with Crippen LogP contribution in [0.4, 0.5) is 0 Å². The Labute approximate surface area is 140 Å². The van der Waals surface area contributed by atoms with Crippen LogP contribution in [-0.2, 0) is 9.73 Å². The van der Waals surface area contributed by atoms with E-state index in [1.165, 1.54) is 6.08 Å². The fourth-order valence-corrected chi connectivity index (χ4v) is 1.94. The molecule has 0 radical (unpaired) electrons. The van der Waals surface area contributed by atoms with Crippen molar-refractivity contribution in [3.05, 3.63) is 33.7 Å². The molecule has 1 heterocycles. The number of hydrogen-bond donors (Lipinski definition) is 4. The zero-order chi connectivity index (χ0) is 17.8. The Balaban J connectivity index is 2.44. The van der Waals surface area contributed by atoms with Gasteiger partial charge in [0, 0.05) is 19.0 Å². The average Bonchev–Trinajstić information content (AvgIpc) is 2.62. The zero-order valence-electron chi connectivity index (χ0n) is 13.7. The molecule has 0 atom stereocenters. The molecule has 0 saturated carbocycles. The van der Waals surface area contributed by atoms with Crippen LogP contribution in [-0.4, -0.2) is 36.3 Å². The van der Waals surface area contributed by atoms with Crippen molar-refractivity contribution in [3.63, 3.8) is 0 Å². The number of amides is 1. The summed E-state index contributed by atoms with van der Waals surface area (Å²) in [6.07, 6.45) is 5.99. The van der Waals surface area contributed by atoms with Gasteiger partial charge < -0.3 is 16.4 Å². The summed E-state index contributed by atoms with van der Waals surface area (Å²) in [5.74, 6) is -0.0468. The Kier molecular flexibility index (Phi) is 9.09. The fourth-order valence-electron chi connectivity index (χ4n) is 1.94. The molecule has 0 saturated heterocycles. The Bertz CT molecular complexity index is 529. The molecule has 10 heteroatoms. The number of carbonyl (C=O) groups is 1. The van der Waals surface area contributed by atoms with Crippen molar-refractivity contribution in [3.8, 4) is 0 Å². The van der Waals surface area contributed by atoms with Gasteiger partial charge >= 0.3 is 0 Å². The predicted octanol–water partition coefficient (Wildman–Crippen LogP) is 0.124. The van der Waals surface area contributed by atoms with Crippen molar-refractivity contribution < 1.29 is 14.7 Å². The van der Waals surface area contributed by atoms with Crippen LogP contribution in [0.1, 0.15) is 32.6 Å². The first kappa shape index (κ1) is 19.6. The summed E-state index contributed by atoms with van der Waals surface area (Å²) in [6.45, 7) is 2.51. The number of oxime groups is 1. The Morgan fingerprint density at radius 1 is 1.46 bits per heavy atom. The summed E-state index contributed by atoms with van der Waals surface area (Å²) in [5.41, 5.74) is 8.83. The van der Waals surface area contributed by atoms with Crippen LogP contribution in [0.2, 0.25) is 0 Å². The van der Waals surface area contributed by atoms with Gasteiger partial charge in [-0.1, -0.05) is 11.6 Å². The van der Waals surface area contributed by atoms with E-state index in [1.807, 2.05) is 0 Å². The highest BCUT2D eigenvalue weighted by Gasteiger charge is 2.12. The molecule has 1 aliphatic heterocycles. The van der Waals surface area contributed by atoms with Gasteiger partial charge in [-0.15, -0.1) is 5.48 Å². The summed E-state index contributed by atoms with van der Waals surface area (Å²) in [5, 5.41) is 20.4. The normalized spacial score (nSPS) is 21.3. The molecule has 5 N–H and O–H groups in total. The van der Waals surface area contributed by atoms with Gasteiger partial charge in [0.2, 0.25) is 5.91 Å². The third-order valence-electron chi connectivity index (χ3n) is 3.26. The number of rotatable bonds is 9. The maximum Gasteiger partial charge on any atom is 0.263 e. The molecule has 0 spiro atoms. The minimum Gasteiger partial charge on any atom is -0.383 e. The zero-order valence-corrected chi connectivity index (χ0v) is 13.7. The smallest absolute Gasteiger partial charge is 0.263 e. The van der Waals surface area contributed by atoms with Gasteiger partial charge in [0.1, 0.15) is 12.3 Å². The third kappa shape index (κ3) is 7.70. The topological polar surface area (TPSA) is 144 Å². The van der Waals surface area contributed by atoms with E-state index in [2.05, 4.69) is 21.3 Å². The molecule has 24 heavy (non-hydrogen) atoms. The molecule has 0 aromatic heterocycles. The highest BCUT2D eigenvalue weighted by Crippen LogP contribution is 2.04. The van der Waals surface area contributed by atoms with Crippen molar-refractivity contribution in [1.82, 2.24) is 16.1 Å². The third-order valence-corrected chi connectivity index (χ3v) is 3.26. The second-order valence-corrected chi connectivity index (χ2v) is 5.13. The molecule has 10 nitrogen and oxygen atoms in total. The number of unbranched alkanes of at least 4 members (excludes halogenated alkanes) is 2. The van der Waals surface area contributed by atoms with E-state index >= 15 is 0 Å². The molecular weight excluding hydrogens is 316 g/mol. The van der Waals surface area contributed by atoms with Crippen LogP contribution >= 0.6 is 0 Å². The maximum absolute atomic E-state index is 11.2. The lowest BCUT2D eigenvalue weighted by atomic mass is 10.2. The summed E-state index contributed by atoms with van der Waals surface area (Å²) < 4.78 is 0. The van der Waals surface area contributed by atoms with E-state index in [1.54, 1.807) is 13.0 Å². The lowest BCUT2D eigenvalue weighted by molar-refractivity contribution is -0.427. The fraction of sp³-hybridized carbons (Fsp3) is 0.571. The van der Waals surface area contributed by atoms with Crippen LogP contribution in [0.15, 0.2) is 28.7 Å². The van der Waals surface area contributed by atoms with Crippen LogP contribution in [0, 0.1) is 10.1 Å². The lowest BCUT2D eigenvalue weighted by Crippen LogP contribution is -2.29. The number of hydroxylamine groups is 1. The molecule has 0 unspecified atom stereocenters. The van der Waals surface area contributed by atoms with Crippen molar-refractivity contribution in [2.75, 3.05) is 19.8 Å². The van der Waals surface area contributed by atoms with Crippen molar-refractivity contribution in [2.45, 2.75) is 32.6 Å². The summed E-state index contributed by atoms with van der Waals surface area (Å²) >= 11 is 0. The van der Waals surface area contributed by atoms with E-state index in [4.69, 9.17) is 10.7 Å². The second-order valence-electron chi connectivity index (χ2n) is 5.13. The van der Waals surface area contributed by atoms with E-state index in [9.17, 15) is 14.9 Å². The van der Waals surface area contributed by atoms with Gasteiger partial charge in [0.25, 0.3) is 5.70 Å². The van der Waals surface area contributed by atoms with Gasteiger partial charge in [-0.2, -0.15) is 0 Å². The van der Waals surface area contributed by atoms with Gasteiger partial charge in [0.05, 0.1) is 17.3 Å². The first-order chi connectivity index (χ1) is 11.5. The Hall–Kier alpha value is -2.46. The Morgan fingerprint density at radius 2 is 2.25 bits per heavy atom. The maximum atomic E-state index is 11.2. The van der Waals surface area contributed by atoms with Crippen LogP contribution in [0.5, 0.6) is 0 Å². The average molecular weight is 340 g/mol. The molecule has 0 fully saturated rings. The lowest BCUT2D eigenvalue weighted by Gasteiger charge is -2.09. The van der Waals surface area contributed by atoms with Crippen LogP contribution < -0.4 is 21.8 Å². The number of nitrogens with two attached hydrogens (primary N) is 1. The van der Waals surface area contributed by atoms with E-state index < -0.39 is 4.92 Å². The molecule has 1 rings (SSSR count). The highest BCUT2D eigenvalue weighted by atomic mass is 16.8. The minimum absolute atomic E-state index is 0.0230. The van der Waals surface area contributed by atoms with Crippen LogP contribution in [0.25, 0.3) is 0 Å². The van der Waals surface area contributed by atoms with Gasteiger partial charge in [-0.05, 0) is 25.8 Å². The van der Waals surface area contributed by atoms with Crippen molar-refractivity contribution >= 4 is 11.6 Å². The van der Waals surface area contributed by atoms with E-state index in [0.29, 0.717) is 24.4 Å². The first-order valence-electron chi connectivity index (χ1n) is 7.74. The second kappa shape index (κ2) is 11.1.